The number of hydrogen-bond donors (Lipinski definition) is 0. The Labute approximate surface area is 224 Å². The Morgan fingerprint density at radius 3 is 1.51 bits per heavy atom. The van der Waals surface area contributed by atoms with E-state index < -0.39 is 0 Å². The van der Waals surface area contributed by atoms with Gasteiger partial charge in [-0.3, -0.25) is 0 Å². The second-order valence-corrected chi connectivity index (χ2v) is 11.7. The maximum Gasteiger partial charge on any atom is -0.0132 e. The molecule has 0 fully saturated rings. The maximum atomic E-state index is 3.89. The van der Waals surface area contributed by atoms with Gasteiger partial charge < -0.3 is 0 Å². The smallest absolute Gasteiger partial charge is 0.0132 e. The molecule has 0 saturated heterocycles. The minimum absolute atomic E-state index is 0.100. The molecule has 0 aliphatic rings. The van der Waals surface area contributed by atoms with Crippen LogP contribution in [-0.2, 0) is 31.1 Å². The summed E-state index contributed by atoms with van der Waals surface area (Å²) in [5.41, 5.74) is 11.0. The van der Waals surface area contributed by atoms with Crippen molar-refractivity contribution in [1.29, 1.82) is 0 Å². The molecule has 0 aliphatic carbocycles. The molecule has 0 bridgehead atoms. The van der Waals surface area contributed by atoms with Crippen molar-refractivity contribution in [3.8, 4) is 0 Å². The third-order valence-electron chi connectivity index (χ3n) is 7.59. The van der Waals surface area contributed by atoms with Crippen molar-refractivity contribution in [2.45, 2.75) is 71.6 Å². The van der Waals surface area contributed by atoms with E-state index in [1.807, 2.05) is 12.2 Å². The summed E-state index contributed by atoms with van der Waals surface area (Å²) < 4.78 is 0. The van der Waals surface area contributed by atoms with Gasteiger partial charge in [0.25, 0.3) is 0 Å². The van der Waals surface area contributed by atoms with Gasteiger partial charge in [-0.1, -0.05) is 133 Å². The summed E-state index contributed by atoms with van der Waals surface area (Å²) in [6.45, 7) is 19.4. The molecule has 0 heterocycles. The molecule has 190 valence electrons. The molecule has 0 nitrogen and oxygen atoms in total. The number of rotatable bonds is 9. The molecule has 0 spiro atoms. The van der Waals surface area contributed by atoms with E-state index in [1.54, 1.807) is 0 Å². The molecule has 4 rings (SSSR count). The molecule has 0 saturated carbocycles. The van der Waals surface area contributed by atoms with Gasteiger partial charge in [-0.15, -0.1) is 0 Å². The van der Waals surface area contributed by atoms with Crippen LogP contribution in [0.4, 0.5) is 0 Å². The molecule has 0 heteroatoms. The molecule has 0 amide bonds. The molecule has 0 aromatic heterocycles. The van der Waals surface area contributed by atoms with Crippen LogP contribution < -0.4 is 0 Å². The van der Waals surface area contributed by atoms with E-state index in [0.717, 1.165) is 25.7 Å². The van der Waals surface area contributed by atoms with Gasteiger partial charge in [0.15, 0.2) is 0 Å². The largest absolute Gasteiger partial charge is 0.0985 e. The molecule has 4 aromatic rings. The highest BCUT2D eigenvalue weighted by molar-refractivity contribution is 5.90. The van der Waals surface area contributed by atoms with Gasteiger partial charge in [0, 0.05) is 0 Å². The van der Waals surface area contributed by atoms with Crippen molar-refractivity contribution in [2.24, 2.45) is 0 Å². The number of hydrogen-bond acceptors (Lipinski definition) is 0. The minimum atomic E-state index is 0.100. The monoisotopic (exact) mass is 486 g/mol. The topological polar surface area (TPSA) is 0 Å². The first-order valence-corrected chi connectivity index (χ1v) is 13.7. The van der Waals surface area contributed by atoms with Crippen molar-refractivity contribution in [1.82, 2.24) is 0 Å². The van der Waals surface area contributed by atoms with Crippen LogP contribution in [0.2, 0.25) is 0 Å². The van der Waals surface area contributed by atoms with Crippen molar-refractivity contribution >= 4 is 22.9 Å². The standard InChI is InChI=1S/C37H42/c1-8-27-10-14-29(15-11-27)18-20-31-22-33(26(3)4)24-35-32(23-34(25-36(31)35)37(5,6)7)21-19-30-16-12-28(9-2)13-17-30/h8-17,22-26H,1-2,18-21H2,3-7H3. The molecule has 0 atom stereocenters. The Hall–Kier alpha value is -3.38. The van der Waals surface area contributed by atoms with Crippen molar-refractivity contribution < 1.29 is 0 Å². The third kappa shape index (κ3) is 6.50. The zero-order valence-corrected chi connectivity index (χ0v) is 23.4. The van der Waals surface area contributed by atoms with Gasteiger partial charge in [0.2, 0.25) is 0 Å². The lowest BCUT2D eigenvalue weighted by Gasteiger charge is -2.23. The van der Waals surface area contributed by atoms with Crippen molar-refractivity contribution in [3.63, 3.8) is 0 Å². The lowest BCUT2D eigenvalue weighted by atomic mass is 9.81. The van der Waals surface area contributed by atoms with Crippen LogP contribution in [0.1, 0.15) is 85.0 Å². The average Bonchev–Trinajstić information content (AvgIpc) is 2.90. The highest BCUT2D eigenvalue weighted by Crippen LogP contribution is 2.34. The zero-order chi connectivity index (χ0) is 26.6. The highest BCUT2D eigenvalue weighted by Gasteiger charge is 2.18. The van der Waals surface area contributed by atoms with E-state index in [1.165, 1.54) is 55.3 Å². The van der Waals surface area contributed by atoms with Crippen LogP contribution in [0.25, 0.3) is 22.9 Å². The van der Waals surface area contributed by atoms with Gasteiger partial charge in [0.1, 0.15) is 0 Å². The fraction of sp³-hybridized carbons (Fsp3) is 0.297. The van der Waals surface area contributed by atoms with Crippen LogP contribution in [0.5, 0.6) is 0 Å². The number of benzene rings is 4. The maximum absolute atomic E-state index is 3.89. The number of fused-ring (bicyclic) bond motifs is 1. The van der Waals surface area contributed by atoms with E-state index in [9.17, 15) is 0 Å². The van der Waals surface area contributed by atoms with Crippen LogP contribution >= 0.6 is 0 Å². The van der Waals surface area contributed by atoms with Crippen LogP contribution in [0.15, 0.2) is 86.0 Å². The SMILES string of the molecule is C=Cc1ccc(CCc2cc(C(C)(C)C)cc3c(CCc4ccc(C=C)cc4)cc(C(C)C)cc23)cc1. The fourth-order valence-electron chi connectivity index (χ4n) is 5.02. The molecule has 0 radical (unpaired) electrons. The second kappa shape index (κ2) is 11.3. The number of aryl methyl sites for hydroxylation is 4. The van der Waals surface area contributed by atoms with E-state index >= 15 is 0 Å². The fourth-order valence-corrected chi connectivity index (χ4v) is 5.02. The molecule has 4 aromatic carbocycles. The van der Waals surface area contributed by atoms with Gasteiger partial charge in [-0.2, -0.15) is 0 Å². The predicted octanol–water partition coefficient (Wildman–Crippen LogP) is 10.1. The van der Waals surface area contributed by atoms with E-state index in [2.05, 4.69) is 121 Å². The average molecular weight is 487 g/mol. The first-order valence-electron chi connectivity index (χ1n) is 13.7. The molecule has 0 aliphatic heterocycles. The van der Waals surface area contributed by atoms with Gasteiger partial charge in [-0.25, -0.2) is 0 Å². The van der Waals surface area contributed by atoms with E-state index in [0.29, 0.717) is 5.92 Å². The van der Waals surface area contributed by atoms with Crippen LogP contribution in [0, 0.1) is 0 Å². The summed E-state index contributed by atoms with van der Waals surface area (Å²) in [5.74, 6) is 0.497. The minimum Gasteiger partial charge on any atom is -0.0985 e. The highest BCUT2D eigenvalue weighted by atomic mass is 14.2. The normalized spacial score (nSPS) is 11.7. The lowest BCUT2D eigenvalue weighted by molar-refractivity contribution is 0.590. The Balaban J connectivity index is 1.76. The molecule has 0 unspecified atom stereocenters. The predicted molar refractivity (Wildman–Crippen MR) is 165 cm³/mol. The Bertz CT molecular complexity index is 1370. The van der Waals surface area contributed by atoms with Crippen LogP contribution in [-0.4, -0.2) is 0 Å². The third-order valence-corrected chi connectivity index (χ3v) is 7.59. The van der Waals surface area contributed by atoms with Crippen molar-refractivity contribution in [3.05, 3.63) is 130 Å². The van der Waals surface area contributed by atoms with Gasteiger partial charge in [0.05, 0.1) is 0 Å². The summed E-state index contributed by atoms with van der Waals surface area (Å²) in [5, 5.41) is 2.86. The van der Waals surface area contributed by atoms with Crippen molar-refractivity contribution in [2.75, 3.05) is 0 Å². The Morgan fingerprint density at radius 1 is 0.622 bits per heavy atom. The summed E-state index contributed by atoms with van der Waals surface area (Å²) in [7, 11) is 0. The van der Waals surface area contributed by atoms with Gasteiger partial charge >= 0.3 is 0 Å². The summed E-state index contributed by atoms with van der Waals surface area (Å²) in [6.07, 6.45) is 7.98. The Morgan fingerprint density at radius 2 is 1.08 bits per heavy atom. The van der Waals surface area contributed by atoms with Crippen LogP contribution in [0.3, 0.4) is 0 Å². The molecule has 0 N–H and O–H groups in total. The van der Waals surface area contributed by atoms with Gasteiger partial charge in [-0.05, 0) is 92.3 Å². The molecular formula is C37H42. The molecular weight excluding hydrogens is 444 g/mol. The first-order chi connectivity index (χ1) is 17.7. The van der Waals surface area contributed by atoms with E-state index in [4.69, 9.17) is 0 Å². The first kappa shape index (κ1) is 26.7. The second-order valence-electron chi connectivity index (χ2n) is 11.7. The molecule has 37 heavy (non-hydrogen) atoms. The summed E-state index contributed by atoms with van der Waals surface area (Å²) in [6, 6.07) is 27.5. The Kier molecular flexibility index (Phi) is 8.18. The zero-order valence-electron chi connectivity index (χ0n) is 23.4. The lowest BCUT2D eigenvalue weighted by Crippen LogP contribution is -2.12. The van der Waals surface area contributed by atoms with E-state index in [-0.39, 0.29) is 5.41 Å². The summed E-state index contributed by atoms with van der Waals surface area (Å²) in [4.78, 5) is 0. The quantitative estimate of drug-likeness (QED) is 0.221. The summed E-state index contributed by atoms with van der Waals surface area (Å²) >= 11 is 0.